The summed E-state index contributed by atoms with van der Waals surface area (Å²) >= 11 is 3.19. The Hall–Kier alpha value is -1.10. The zero-order valence-corrected chi connectivity index (χ0v) is 8.88. The van der Waals surface area contributed by atoms with E-state index < -0.39 is 12.6 Å². The van der Waals surface area contributed by atoms with Crippen molar-refractivity contribution in [3.05, 3.63) is 28.2 Å². The van der Waals surface area contributed by atoms with Gasteiger partial charge in [-0.05, 0) is 18.2 Å². The zero-order valence-electron chi connectivity index (χ0n) is 7.30. The average Bonchev–Trinajstić information content (AvgIpc) is 2.12. The SMILES string of the molecule is Nc1cc(Br)cc(C(=O)OCCF)c1. The van der Waals surface area contributed by atoms with Gasteiger partial charge in [-0.1, -0.05) is 15.9 Å². The number of halogens is 2. The molecule has 0 aliphatic heterocycles. The van der Waals surface area contributed by atoms with Gasteiger partial charge < -0.3 is 10.5 Å². The number of anilines is 1. The molecule has 0 saturated heterocycles. The molecular weight excluding hydrogens is 253 g/mol. The molecule has 2 N–H and O–H groups in total. The summed E-state index contributed by atoms with van der Waals surface area (Å²) in [7, 11) is 0. The molecule has 0 bridgehead atoms. The molecule has 3 nitrogen and oxygen atoms in total. The molecule has 0 radical (unpaired) electrons. The van der Waals surface area contributed by atoms with Gasteiger partial charge in [0.25, 0.3) is 0 Å². The number of carbonyl (C=O) groups is 1. The van der Waals surface area contributed by atoms with E-state index in [-0.39, 0.29) is 6.61 Å². The molecule has 1 rings (SSSR count). The van der Waals surface area contributed by atoms with Crippen molar-refractivity contribution in [2.75, 3.05) is 19.0 Å². The highest BCUT2D eigenvalue weighted by Gasteiger charge is 2.08. The number of benzene rings is 1. The Kier molecular flexibility index (Phi) is 3.88. The Morgan fingerprint density at radius 3 is 2.79 bits per heavy atom. The predicted molar refractivity (Wildman–Crippen MR) is 54.8 cm³/mol. The summed E-state index contributed by atoms with van der Waals surface area (Å²) in [4.78, 5) is 11.2. The highest BCUT2D eigenvalue weighted by atomic mass is 79.9. The Morgan fingerprint density at radius 1 is 1.50 bits per heavy atom. The molecule has 0 amide bonds. The van der Waals surface area contributed by atoms with E-state index in [1.165, 1.54) is 6.07 Å². The quantitative estimate of drug-likeness (QED) is 0.670. The van der Waals surface area contributed by atoms with Crippen LogP contribution in [0.1, 0.15) is 10.4 Å². The molecule has 5 heteroatoms. The van der Waals surface area contributed by atoms with Crippen LogP contribution in [0.5, 0.6) is 0 Å². The Labute approximate surface area is 89.2 Å². The fourth-order valence-corrected chi connectivity index (χ4v) is 1.46. The van der Waals surface area contributed by atoms with Gasteiger partial charge >= 0.3 is 5.97 Å². The molecule has 0 fully saturated rings. The van der Waals surface area contributed by atoms with Gasteiger partial charge in [0.2, 0.25) is 0 Å². The molecule has 0 atom stereocenters. The Balaban J connectivity index is 2.79. The topological polar surface area (TPSA) is 52.3 Å². The van der Waals surface area contributed by atoms with Crippen LogP contribution >= 0.6 is 15.9 Å². The molecule has 0 aromatic heterocycles. The lowest BCUT2D eigenvalue weighted by Crippen LogP contribution is -2.07. The molecule has 76 valence electrons. The number of ether oxygens (including phenoxy) is 1. The van der Waals surface area contributed by atoms with Crippen LogP contribution in [-0.4, -0.2) is 19.3 Å². The Morgan fingerprint density at radius 2 is 2.21 bits per heavy atom. The number of rotatable bonds is 3. The molecule has 0 unspecified atom stereocenters. The first-order valence-electron chi connectivity index (χ1n) is 3.92. The second-order valence-electron chi connectivity index (χ2n) is 2.60. The third kappa shape index (κ3) is 2.99. The Bertz CT molecular complexity index is 323. The third-order valence-electron chi connectivity index (χ3n) is 1.47. The van der Waals surface area contributed by atoms with Crippen molar-refractivity contribution < 1.29 is 13.9 Å². The van der Waals surface area contributed by atoms with Crippen LogP contribution in [-0.2, 0) is 4.74 Å². The molecule has 0 aliphatic carbocycles. The van der Waals surface area contributed by atoms with Crippen LogP contribution in [0.4, 0.5) is 10.1 Å². The monoisotopic (exact) mass is 261 g/mol. The van der Waals surface area contributed by atoms with Crippen LogP contribution in [0, 0.1) is 0 Å². The van der Waals surface area contributed by atoms with E-state index in [1.54, 1.807) is 12.1 Å². The van der Waals surface area contributed by atoms with Gasteiger partial charge in [0, 0.05) is 10.2 Å². The van der Waals surface area contributed by atoms with Crippen molar-refractivity contribution in [3.63, 3.8) is 0 Å². The van der Waals surface area contributed by atoms with Crippen molar-refractivity contribution in [3.8, 4) is 0 Å². The van der Waals surface area contributed by atoms with Crippen LogP contribution < -0.4 is 5.73 Å². The van der Waals surface area contributed by atoms with Gasteiger partial charge in [-0.3, -0.25) is 0 Å². The lowest BCUT2D eigenvalue weighted by atomic mass is 10.2. The largest absolute Gasteiger partial charge is 0.459 e. The van der Waals surface area contributed by atoms with Gasteiger partial charge in [-0.15, -0.1) is 0 Å². The zero-order chi connectivity index (χ0) is 10.6. The number of nitrogens with two attached hydrogens (primary N) is 1. The summed E-state index contributed by atoms with van der Waals surface area (Å²) < 4.78 is 17.0. The summed E-state index contributed by atoms with van der Waals surface area (Å²) in [6.45, 7) is -0.916. The molecular formula is C9H9BrFNO2. The van der Waals surface area contributed by atoms with Crippen LogP contribution in [0.2, 0.25) is 0 Å². The normalized spacial score (nSPS) is 9.86. The van der Waals surface area contributed by atoms with Gasteiger partial charge in [0.05, 0.1) is 5.56 Å². The number of carbonyl (C=O) groups excluding carboxylic acids is 1. The van der Waals surface area contributed by atoms with Gasteiger partial charge in [-0.25, -0.2) is 9.18 Å². The standard InChI is InChI=1S/C9H9BrFNO2/c10-7-3-6(4-8(12)5-7)9(13)14-2-1-11/h3-5H,1-2,12H2. The van der Waals surface area contributed by atoms with Crippen LogP contribution in [0.3, 0.4) is 0 Å². The summed E-state index contributed by atoms with van der Waals surface area (Å²) in [5.74, 6) is -0.573. The maximum absolute atomic E-state index is 11.7. The molecule has 1 aromatic carbocycles. The maximum Gasteiger partial charge on any atom is 0.338 e. The van der Waals surface area contributed by atoms with E-state index in [1.807, 2.05) is 0 Å². The summed E-state index contributed by atoms with van der Waals surface area (Å²) in [5.41, 5.74) is 6.28. The lowest BCUT2D eigenvalue weighted by molar-refractivity contribution is 0.0481. The summed E-state index contributed by atoms with van der Waals surface area (Å²) in [5, 5.41) is 0. The third-order valence-corrected chi connectivity index (χ3v) is 1.92. The molecule has 1 aromatic rings. The second-order valence-corrected chi connectivity index (χ2v) is 3.51. The molecule has 14 heavy (non-hydrogen) atoms. The average molecular weight is 262 g/mol. The van der Waals surface area contributed by atoms with Crippen molar-refractivity contribution in [1.82, 2.24) is 0 Å². The van der Waals surface area contributed by atoms with E-state index in [4.69, 9.17) is 5.73 Å². The van der Waals surface area contributed by atoms with E-state index in [9.17, 15) is 9.18 Å². The molecule has 0 spiro atoms. The first-order chi connectivity index (χ1) is 6.63. The summed E-state index contributed by atoms with van der Waals surface area (Å²) in [6.07, 6.45) is 0. The minimum Gasteiger partial charge on any atom is -0.459 e. The smallest absolute Gasteiger partial charge is 0.338 e. The number of hydrogen-bond donors (Lipinski definition) is 1. The van der Waals surface area contributed by atoms with Crippen molar-refractivity contribution in [2.45, 2.75) is 0 Å². The van der Waals surface area contributed by atoms with E-state index >= 15 is 0 Å². The number of esters is 1. The van der Waals surface area contributed by atoms with Crippen molar-refractivity contribution in [2.24, 2.45) is 0 Å². The second kappa shape index (κ2) is 4.95. The van der Waals surface area contributed by atoms with E-state index in [0.717, 1.165) is 0 Å². The van der Waals surface area contributed by atoms with Gasteiger partial charge in [0.15, 0.2) is 0 Å². The minimum absolute atomic E-state index is 0.231. The maximum atomic E-state index is 11.7. The van der Waals surface area contributed by atoms with Crippen molar-refractivity contribution >= 4 is 27.6 Å². The number of nitrogen functional groups attached to an aromatic ring is 1. The number of hydrogen-bond acceptors (Lipinski definition) is 3. The summed E-state index contributed by atoms with van der Waals surface area (Å²) in [6, 6.07) is 4.70. The molecule has 0 heterocycles. The molecule has 0 aliphatic rings. The fraction of sp³-hybridized carbons (Fsp3) is 0.222. The van der Waals surface area contributed by atoms with E-state index in [2.05, 4.69) is 20.7 Å². The minimum atomic E-state index is -0.685. The first-order valence-corrected chi connectivity index (χ1v) is 4.72. The van der Waals surface area contributed by atoms with Crippen LogP contribution in [0.25, 0.3) is 0 Å². The predicted octanol–water partition coefficient (Wildman–Crippen LogP) is 2.16. The van der Waals surface area contributed by atoms with Crippen molar-refractivity contribution in [1.29, 1.82) is 0 Å². The van der Waals surface area contributed by atoms with Gasteiger partial charge in [-0.2, -0.15) is 0 Å². The molecule has 0 saturated carbocycles. The lowest BCUT2D eigenvalue weighted by Gasteiger charge is -2.03. The number of alkyl halides is 1. The van der Waals surface area contributed by atoms with E-state index in [0.29, 0.717) is 15.7 Å². The van der Waals surface area contributed by atoms with Crippen LogP contribution in [0.15, 0.2) is 22.7 Å². The first kappa shape index (κ1) is 11.0. The highest BCUT2D eigenvalue weighted by molar-refractivity contribution is 9.10. The highest BCUT2D eigenvalue weighted by Crippen LogP contribution is 2.17. The van der Waals surface area contributed by atoms with Gasteiger partial charge in [0.1, 0.15) is 13.3 Å². The fourth-order valence-electron chi connectivity index (χ4n) is 0.945.